The number of hydrogen-bond donors (Lipinski definition) is 1. The molecule has 1 heterocycles. The van der Waals surface area contributed by atoms with Crippen LogP contribution in [0.5, 0.6) is 11.5 Å². The van der Waals surface area contributed by atoms with Gasteiger partial charge in [0.2, 0.25) is 5.91 Å². The first kappa shape index (κ1) is 15.1. The molecule has 1 aliphatic rings. The number of carbonyl (C=O) groups excluding carboxylic acids is 2. The minimum atomic E-state index is -0.555. The highest BCUT2D eigenvalue weighted by Gasteiger charge is 2.25. The number of carbonyl (C=O) groups is 2. The number of ether oxygens (including phenoxy) is 2. The molecule has 0 saturated carbocycles. The Bertz CT molecular complexity index is 603. The van der Waals surface area contributed by atoms with E-state index in [1.807, 2.05) is 6.92 Å². The fourth-order valence-electron chi connectivity index (χ4n) is 1.76. The van der Waals surface area contributed by atoms with Gasteiger partial charge >= 0.3 is 6.03 Å². The Morgan fingerprint density at radius 2 is 2.24 bits per heavy atom. The van der Waals surface area contributed by atoms with Crippen molar-refractivity contribution < 1.29 is 19.1 Å². The van der Waals surface area contributed by atoms with Gasteiger partial charge in [-0.2, -0.15) is 5.10 Å². The zero-order valence-corrected chi connectivity index (χ0v) is 12.3. The van der Waals surface area contributed by atoms with E-state index in [4.69, 9.17) is 21.1 Å². The predicted octanol–water partition coefficient (Wildman–Crippen LogP) is 1.63. The highest BCUT2D eigenvalue weighted by molar-refractivity contribution is 6.32. The molecule has 1 fully saturated rings. The first-order valence-corrected chi connectivity index (χ1v) is 6.58. The molecule has 0 aromatic heterocycles. The van der Waals surface area contributed by atoms with Crippen LogP contribution < -0.4 is 14.8 Å². The second kappa shape index (κ2) is 6.45. The summed E-state index contributed by atoms with van der Waals surface area (Å²) in [6.45, 7) is 2.20. The number of nitrogens with one attached hydrogen (secondary N) is 1. The normalized spacial score (nSPS) is 14.7. The predicted molar refractivity (Wildman–Crippen MR) is 77.0 cm³/mol. The van der Waals surface area contributed by atoms with E-state index < -0.39 is 6.03 Å². The lowest BCUT2D eigenvalue weighted by Gasteiger charge is -2.12. The molecule has 1 aromatic rings. The number of hydrazone groups is 1. The summed E-state index contributed by atoms with van der Waals surface area (Å²) in [5, 5.41) is 7.47. The molecular formula is C13H14ClN3O4. The molecule has 112 valence electrons. The molecule has 0 radical (unpaired) electrons. The van der Waals surface area contributed by atoms with Gasteiger partial charge < -0.3 is 9.47 Å². The Morgan fingerprint density at radius 3 is 2.81 bits per heavy atom. The van der Waals surface area contributed by atoms with Crippen molar-refractivity contribution in [1.82, 2.24) is 10.3 Å². The number of imide groups is 1. The molecule has 21 heavy (non-hydrogen) atoms. The minimum Gasteiger partial charge on any atom is -0.493 e. The van der Waals surface area contributed by atoms with E-state index in [1.54, 1.807) is 12.1 Å². The molecule has 0 spiro atoms. The molecule has 1 aromatic carbocycles. The van der Waals surface area contributed by atoms with Crippen LogP contribution in [-0.2, 0) is 4.79 Å². The molecule has 1 saturated heterocycles. The third kappa shape index (κ3) is 3.43. The number of halogens is 1. The zero-order valence-electron chi connectivity index (χ0n) is 11.6. The fourth-order valence-corrected chi connectivity index (χ4v) is 2.03. The Morgan fingerprint density at radius 1 is 1.48 bits per heavy atom. The average Bonchev–Trinajstić information content (AvgIpc) is 2.77. The molecule has 0 unspecified atom stereocenters. The van der Waals surface area contributed by atoms with E-state index in [0.29, 0.717) is 28.7 Å². The van der Waals surface area contributed by atoms with Crippen molar-refractivity contribution in [2.24, 2.45) is 5.10 Å². The Balaban J connectivity index is 2.23. The van der Waals surface area contributed by atoms with Crippen molar-refractivity contribution in [3.63, 3.8) is 0 Å². The highest BCUT2D eigenvalue weighted by Crippen LogP contribution is 2.36. The second-order valence-corrected chi connectivity index (χ2v) is 4.53. The van der Waals surface area contributed by atoms with Crippen molar-refractivity contribution in [2.75, 3.05) is 20.3 Å². The summed E-state index contributed by atoms with van der Waals surface area (Å²) in [6.07, 6.45) is 1.42. The van der Waals surface area contributed by atoms with Gasteiger partial charge in [-0.15, -0.1) is 0 Å². The van der Waals surface area contributed by atoms with Crippen molar-refractivity contribution in [3.05, 3.63) is 22.7 Å². The number of benzene rings is 1. The maximum atomic E-state index is 11.3. The second-order valence-electron chi connectivity index (χ2n) is 4.12. The number of amides is 3. The highest BCUT2D eigenvalue weighted by atomic mass is 35.5. The minimum absolute atomic E-state index is 0.1000. The van der Waals surface area contributed by atoms with Gasteiger partial charge in [0, 0.05) is 0 Å². The average molecular weight is 312 g/mol. The van der Waals surface area contributed by atoms with Gasteiger partial charge in [-0.1, -0.05) is 11.6 Å². The number of nitrogens with zero attached hydrogens (tertiary/aromatic N) is 2. The van der Waals surface area contributed by atoms with Crippen LogP contribution in [0, 0.1) is 0 Å². The molecule has 0 aliphatic carbocycles. The van der Waals surface area contributed by atoms with Crippen LogP contribution in [0.2, 0.25) is 5.02 Å². The van der Waals surface area contributed by atoms with E-state index in [1.165, 1.54) is 13.3 Å². The number of hydrogen-bond acceptors (Lipinski definition) is 5. The summed E-state index contributed by atoms with van der Waals surface area (Å²) in [7, 11) is 1.50. The number of methoxy groups -OCH3 is 1. The smallest absolute Gasteiger partial charge is 0.344 e. The molecule has 2 rings (SSSR count). The SMILES string of the molecule is CCOc1c(Cl)cc(/C=N\N2CC(=O)NC2=O)cc1OC. The molecule has 3 amide bonds. The summed E-state index contributed by atoms with van der Waals surface area (Å²) in [6, 6.07) is 2.75. The van der Waals surface area contributed by atoms with E-state index >= 15 is 0 Å². The van der Waals surface area contributed by atoms with E-state index in [-0.39, 0.29) is 12.5 Å². The topological polar surface area (TPSA) is 80.2 Å². The van der Waals surface area contributed by atoms with Crippen LogP contribution >= 0.6 is 11.6 Å². The van der Waals surface area contributed by atoms with Gasteiger partial charge in [-0.3, -0.25) is 10.1 Å². The molecule has 1 aliphatic heterocycles. The van der Waals surface area contributed by atoms with Gasteiger partial charge in [0.25, 0.3) is 0 Å². The first-order valence-electron chi connectivity index (χ1n) is 6.20. The van der Waals surface area contributed by atoms with Gasteiger partial charge in [-0.25, -0.2) is 9.80 Å². The summed E-state index contributed by atoms with van der Waals surface area (Å²) >= 11 is 6.13. The summed E-state index contributed by atoms with van der Waals surface area (Å²) in [5.41, 5.74) is 0.618. The van der Waals surface area contributed by atoms with E-state index in [0.717, 1.165) is 5.01 Å². The van der Waals surface area contributed by atoms with Crippen LogP contribution in [0.15, 0.2) is 17.2 Å². The maximum absolute atomic E-state index is 11.3. The lowest BCUT2D eigenvalue weighted by Crippen LogP contribution is -2.24. The van der Waals surface area contributed by atoms with Gasteiger partial charge in [-0.05, 0) is 24.6 Å². The van der Waals surface area contributed by atoms with E-state index in [2.05, 4.69) is 10.4 Å². The molecular weight excluding hydrogens is 298 g/mol. The Kier molecular flexibility index (Phi) is 4.64. The molecule has 0 atom stereocenters. The Labute approximate surface area is 126 Å². The van der Waals surface area contributed by atoms with Gasteiger partial charge in [0.1, 0.15) is 6.54 Å². The first-order chi connectivity index (χ1) is 10.0. The number of rotatable bonds is 5. The van der Waals surface area contributed by atoms with Crippen molar-refractivity contribution in [1.29, 1.82) is 0 Å². The maximum Gasteiger partial charge on any atom is 0.344 e. The fraction of sp³-hybridized carbons (Fsp3) is 0.308. The third-order valence-electron chi connectivity index (χ3n) is 2.66. The molecule has 1 N–H and O–H groups in total. The van der Waals surface area contributed by atoms with E-state index in [9.17, 15) is 9.59 Å². The summed E-state index contributed by atoms with van der Waals surface area (Å²) in [4.78, 5) is 22.4. The van der Waals surface area contributed by atoms with Crippen molar-refractivity contribution >= 4 is 29.8 Å². The quantitative estimate of drug-likeness (QED) is 0.662. The standard InChI is InChI=1S/C13H14ClN3O4/c1-3-21-12-9(14)4-8(5-10(12)20-2)6-15-17-7-11(18)16-13(17)19/h4-6H,3,7H2,1-2H3,(H,16,18,19)/b15-6-. The lowest BCUT2D eigenvalue weighted by atomic mass is 10.2. The van der Waals surface area contributed by atoms with Crippen LogP contribution in [0.3, 0.4) is 0 Å². The monoisotopic (exact) mass is 311 g/mol. The van der Waals surface area contributed by atoms with Crippen LogP contribution in [0.1, 0.15) is 12.5 Å². The van der Waals surface area contributed by atoms with Crippen molar-refractivity contribution in [3.8, 4) is 11.5 Å². The molecule has 8 heteroatoms. The Hall–Kier alpha value is -2.28. The van der Waals surface area contributed by atoms with Crippen LogP contribution in [0.4, 0.5) is 4.79 Å². The molecule has 7 nitrogen and oxygen atoms in total. The third-order valence-corrected chi connectivity index (χ3v) is 2.94. The zero-order chi connectivity index (χ0) is 15.4. The molecule has 0 bridgehead atoms. The van der Waals surface area contributed by atoms with Crippen molar-refractivity contribution in [2.45, 2.75) is 6.92 Å². The van der Waals surface area contributed by atoms with Crippen LogP contribution in [0.25, 0.3) is 0 Å². The van der Waals surface area contributed by atoms with Gasteiger partial charge in [0.15, 0.2) is 11.5 Å². The van der Waals surface area contributed by atoms with Crippen LogP contribution in [-0.4, -0.2) is 43.4 Å². The largest absolute Gasteiger partial charge is 0.493 e. The van der Waals surface area contributed by atoms with Gasteiger partial charge in [0.05, 0.1) is 25.0 Å². The lowest BCUT2D eigenvalue weighted by molar-refractivity contribution is -0.118. The number of urea groups is 1. The summed E-state index contributed by atoms with van der Waals surface area (Å²) < 4.78 is 10.6. The summed E-state index contributed by atoms with van der Waals surface area (Å²) in [5.74, 6) is 0.528.